The number of methoxy groups -OCH3 is 1. The molecular weight excluding hydrogens is 533 g/mol. The Morgan fingerprint density at radius 1 is 1.12 bits per heavy atom. The highest BCUT2D eigenvalue weighted by Gasteiger charge is 2.12. The molecule has 0 atom stereocenters. The van der Waals surface area contributed by atoms with E-state index in [1.54, 1.807) is 25.4 Å². The molecule has 0 unspecified atom stereocenters. The number of aromatic nitrogens is 1. The summed E-state index contributed by atoms with van der Waals surface area (Å²) in [6, 6.07) is 12.6. The topological polar surface area (TPSA) is 80.9 Å². The fourth-order valence-electron chi connectivity index (χ4n) is 2.80. The van der Waals surface area contributed by atoms with Crippen molar-refractivity contribution >= 4 is 29.9 Å². The van der Waals surface area contributed by atoms with Gasteiger partial charge >= 0.3 is 6.61 Å². The minimum absolute atomic E-state index is 0. The molecule has 1 aromatic heterocycles. The Labute approximate surface area is 202 Å². The van der Waals surface area contributed by atoms with Gasteiger partial charge in [0.1, 0.15) is 17.8 Å². The molecule has 2 aromatic carbocycles. The first-order valence-corrected chi connectivity index (χ1v) is 9.56. The van der Waals surface area contributed by atoms with E-state index in [2.05, 4.69) is 25.3 Å². The normalized spacial score (nSPS) is 11.1. The van der Waals surface area contributed by atoms with Gasteiger partial charge in [0.2, 0.25) is 5.89 Å². The molecule has 0 aliphatic heterocycles. The van der Waals surface area contributed by atoms with Gasteiger partial charge in [0.15, 0.2) is 5.96 Å². The number of aliphatic imine (C=N–C) groups is 1. The van der Waals surface area contributed by atoms with Gasteiger partial charge in [-0.3, -0.25) is 4.99 Å². The van der Waals surface area contributed by atoms with Crippen LogP contribution >= 0.6 is 24.0 Å². The van der Waals surface area contributed by atoms with Crippen molar-refractivity contribution in [3.63, 3.8) is 0 Å². The van der Waals surface area contributed by atoms with Crippen molar-refractivity contribution in [1.82, 2.24) is 15.6 Å². The van der Waals surface area contributed by atoms with Crippen LogP contribution in [0.1, 0.15) is 16.8 Å². The summed E-state index contributed by atoms with van der Waals surface area (Å²) in [4.78, 5) is 8.61. The molecule has 3 aromatic rings. The van der Waals surface area contributed by atoms with Crippen LogP contribution in [-0.4, -0.2) is 31.7 Å². The summed E-state index contributed by atoms with van der Waals surface area (Å²) < 4.78 is 40.7. The highest BCUT2D eigenvalue weighted by atomic mass is 127. The fourth-order valence-corrected chi connectivity index (χ4v) is 2.80. The number of nitrogens with one attached hydrogen (secondary N) is 2. The molecule has 1 heterocycles. The van der Waals surface area contributed by atoms with E-state index >= 15 is 0 Å². The highest BCUT2D eigenvalue weighted by molar-refractivity contribution is 14.0. The van der Waals surface area contributed by atoms with Crippen LogP contribution in [0, 0.1) is 6.92 Å². The Balaban J connectivity index is 0.00000363. The van der Waals surface area contributed by atoms with Crippen LogP contribution < -0.4 is 20.1 Å². The summed E-state index contributed by atoms with van der Waals surface area (Å²) in [5.74, 6) is 1.47. The van der Waals surface area contributed by atoms with Crippen LogP contribution in [0.15, 0.2) is 58.1 Å². The molecule has 0 fully saturated rings. The van der Waals surface area contributed by atoms with Crippen LogP contribution in [0.4, 0.5) is 8.78 Å². The molecule has 172 valence electrons. The lowest BCUT2D eigenvalue weighted by atomic mass is 10.1. The average molecular weight is 558 g/mol. The monoisotopic (exact) mass is 558 g/mol. The van der Waals surface area contributed by atoms with Crippen molar-refractivity contribution in [3.8, 4) is 23.0 Å². The number of oxazole rings is 1. The molecule has 0 bridgehead atoms. The van der Waals surface area contributed by atoms with E-state index in [1.165, 1.54) is 13.2 Å². The quantitative estimate of drug-likeness (QED) is 0.236. The number of alkyl halides is 2. The van der Waals surface area contributed by atoms with Crippen LogP contribution in [0.25, 0.3) is 11.5 Å². The Bertz CT molecular complexity index is 1030. The minimum Gasteiger partial charge on any atom is -0.497 e. The first kappa shape index (κ1) is 25.4. The highest BCUT2D eigenvalue weighted by Crippen LogP contribution is 2.26. The van der Waals surface area contributed by atoms with E-state index in [1.807, 2.05) is 31.2 Å². The predicted octanol–water partition coefficient (Wildman–Crippen LogP) is 4.74. The summed E-state index contributed by atoms with van der Waals surface area (Å²) in [6.07, 6.45) is 1.58. The van der Waals surface area contributed by atoms with Crippen molar-refractivity contribution in [1.29, 1.82) is 0 Å². The molecule has 7 nitrogen and oxygen atoms in total. The SMILES string of the molecule is CN=C(NCc1coc(-c2ccc(C)cc2)n1)NCc1ccc(OC)cc1OC(F)F.I. The van der Waals surface area contributed by atoms with Crippen molar-refractivity contribution in [2.24, 2.45) is 4.99 Å². The van der Waals surface area contributed by atoms with E-state index in [-0.39, 0.29) is 36.3 Å². The van der Waals surface area contributed by atoms with Gasteiger partial charge in [0, 0.05) is 30.8 Å². The van der Waals surface area contributed by atoms with Crippen LogP contribution in [0.2, 0.25) is 0 Å². The lowest BCUT2D eigenvalue weighted by Gasteiger charge is -2.15. The molecule has 3 rings (SSSR count). The summed E-state index contributed by atoms with van der Waals surface area (Å²) in [5.41, 5.74) is 3.29. The molecule has 2 N–H and O–H groups in total. The molecule has 0 spiro atoms. The summed E-state index contributed by atoms with van der Waals surface area (Å²) >= 11 is 0. The lowest BCUT2D eigenvalue weighted by Crippen LogP contribution is -2.36. The number of hydrogen-bond donors (Lipinski definition) is 2. The second-order valence-corrected chi connectivity index (χ2v) is 6.64. The molecule has 32 heavy (non-hydrogen) atoms. The Morgan fingerprint density at radius 2 is 1.84 bits per heavy atom. The van der Waals surface area contributed by atoms with Crippen LogP contribution in [-0.2, 0) is 13.1 Å². The number of aryl methyl sites for hydroxylation is 1. The average Bonchev–Trinajstić information content (AvgIpc) is 3.23. The van der Waals surface area contributed by atoms with Gasteiger partial charge < -0.3 is 24.5 Å². The Morgan fingerprint density at radius 3 is 2.50 bits per heavy atom. The van der Waals surface area contributed by atoms with Gasteiger partial charge in [-0.2, -0.15) is 8.78 Å². The molecule has 0 radical (unpaired) electrons. The molecule has 10 heteroatoms. The summed E-state index contributed by atoms with van der Waals surface area (Å²) in [6.45, 7) is -0.322. The zero-order valence-corrected chi connectivity index (χ0v) is 20.2. The minimum atomic E-state index is -2.93. The van der Waals surface area contributed by atoms with Gasteiger partial charge in [-0.15, -0.1) is 24.0 Å². The maximum Gasteiger partial charge on any atom is 0.387 e. The predicted molar refractivity (Wildman–Crippen MR) is 129 cm³/mol. The van der Waals surface area contributed by atoms with Gasteiger partial charge in [-0.25, -0.2) is 4.98 Å². The van der Waals surface area contributed by atoms with Gasteiger partial charge in [0.25, 0.3) is 0 Å². The number of nitrogens with zero attached hydrogens (tertiary/aromatic N) is 2. The van der Waals surface area contributed by atoms with Crippen molar-refractivity contribution in [2.75, 3.05) is 14.2 Å². The third-order valence-corrected chi connectivity index (χ3v) is 4.45. The zero-order chi connectivity index (χ0) is 22.2. The number of rotatable bonds is 8. The number of benzene rings is 2. The van der Waals surface area contributed by atoms with E-state index in [0.29, 0.717) is 35.4 Å². The summed E-state index contributed by atoms with van der Waals surface area (Å²) in [5, 5.41) is 6.18. The van der Waals surface area contributed by atoms with Gasteiger partial charge in [0.05, 0.1) is 19.3 Å². The molecule has 0 amide bonds. The maximum atomic E-state index is 12.7. The molecule has 0 aliphatic rings. The summed E-state index contributed by atoms with van der Waals surface area (Å²) in [7, 11) is 3.07. The van der Waals surface area contributed by atoms with E-state index in [0.717, 1.165) is 11.1 Å². The molecule has 0 saturated carbocycles. The molecular formula is C22H25F2IN4O3. The van der Waals surface area contributed by atoms with Crippen molar-refractivity contribution in [2.45, 2.75) is 26.6 Å². The van der Waals surface area contributed by atoms with Crippen molar-refractivity contribution in [3.05, 3.63) is 65.5 Å². The van der Waals surface area contributed by atoms with Crippen LogP contribution in [0.3, 0.4) is 0 Å². The van der Waals surface area contributed by atoms with E-state index in [9.17, 15) is 8.78 Å². The third-order valence-electron chi connectivity index (χ3n) is 4.45. The Kier molecular flexibility index (Phi) is 9.69. The maximum absolute atomic E-state index is 12.7. The Hall–Kier alpha value is -2.89. The second kappa shape index (κ2) is 12.2. The van der Waals surface area contributed by atoms with Gasteiger partial charge in [-0.05, 0) is 31.2 Å². The zero-order valence-electron chi connectivity index (χ0n) is 17.9. The number of hydrogen-bond acceptors (Lipinski definition) is 5. The molecule has 0 saturated heterocycles. The number of ether oxygens (including phenoxy) is 2. The molecule has 0 aliphatic carbocycles. The fraction of sp³-hybridized carbons (Fsp3) is 0.273. The van der Waals surface area contributed by atoms with Crippen LogP contribution in [0.5, 0.6) is 11.5 Å². The first-order chi connectivity index (χ1) is 15.0. The smallest absolute Gasteiger partial charge is 0.387 e. The van der Waals surface area contributed by atoms with E-state index < -0.39 is 6.61 Å². The van der Waals surface area contributed by atoms with E-state index in [4.69, 9.17) is 9.15 Å². The third kappa shape index (κ3) is 7.08. The number of halogens is 3. The number of guanidine groups is 1. The standard InChI is InChI=1S/C22H24F2N4O3.HI/c1-14-4-6-15(7-5-14)20-28-17(13-30-20)12-27-22(25-2)26-11-16-8-9-18(29-3)10-19(16)31-21(23)24;/h4-10,13,21H,11-12H2,1-3H3,(H2,25,26,27);1H. The first-order valence-electron chi connectivity index (χ1n) is 9.56. The second-order valence-electron chi connectivity index (χ2n) is 6.64. The van der Waals surface area contributed by atoms with Crippen molar-refractivity contribution < 1.29 is 22.7 Å². The largest absolute Gasteiger partial charge is 0.497 e. The van der Waals surface area contributed by atoms with Gasteiger partial charge in [-0.1, -0.05) is 17.7 Å². The lowest BCUT2D eigenvalue weighted by molar-refractivity contribution is -0.0505.